The Kier molecular flexibility index (Phi) is 6.14. The molecule has 1 atom stereocenters. The van der Waals surface area contributed by atoms with E-state index >= 15 is 0 Å². The Morgan fingerprint density at radius 3 is 2.78 bits per heavy atom. The monoisotopic (exact) mass is 325 g/mol. The van der Waals surface area contributed by atoms with Crippen molar-refractivity contribution in [1.82, 2.24) is 15.2 Å². The number of aliphatic hydroxyl groups excluding tert-OH is 1. The van der Waals surface area contributed by atoms with Crippen molar-refractivity contribution in [3.8, 4) is 0 Å². The standard InChI is InChI=1S/C15H23N3O5/c1-10-7-16-12(14(10)15(21)22)6-13(20)17-8-11(19)9-18-2-4-23-5-3-18/h7,11,16,19H,2-6,8-9H2,1H3,(H,17,20)(H,21,22)/t11-/m1/s1. The summed E-state index contributed by atoms with van der Waals surface area (Å²) in [6.07, 6.45) is 0.848. The second kappa shape index (κ2) is 8.09. The molecule has 0 aromatic carbocycles. The van der Waals surface area contributed by atoms with Gasteiger partial charge in [-0.3, -0.25) is 9.69 Å². The molecule has 1 aliphatic heterocycles. The summed E-state index contributed by atoms with van der Waals surface area (Å²) < 4.78 is 5.23. The third kappa shape index (κ3) is 5.05. The van der Waals surface area contributed by atoms with E-state index in [0.29, 0.717) is 31.0 Å². The molecule has 2 rings (SSSR count). The number of carbonyl (C=O) groups excluding carboxylic acids is 1. The first-order valence-corrected chi connectivity index (χ1v) is 7.62. The van der Waals surface area contributed by atoms with Crippen LogP contribution >= 0.6 is 0 Å². The number of nitrogens with one attached hydrogen (secondary N) is 2. The number of aromatic amines is 1. The van der Waals surface area contributed by atoms with Crippen LogP contribution in [0, 0.1) is 6.92 Å². The molecule has 1 aliphatic rings. The van der Waals surface area contributed by atoms with Crippen LogP contribution in [-0.2, 0) is 16.0 Å². The maximum Gasteiger partial charge on any atom is 0.337 e. The smallest absolute Gasteiger partial charge is 0.337 e. The van der Waals surface area contributed by atoms with Gasteiger partial charge in [-0.25, -0.2) is 4.79 Å². The van der Waals surface area contributed by atoms with Gasteiger partial charge in [0.15, 0.2) is 0 Å². The van der Waals surface area contributed by atoms with Gasteiger partial charge in [0, 0.05) is 38.1 Å². The van der Waals surface area contributed by atoms with Gasteiger partial charge in [-0.05, 0) is 12.5 Å². The van der Waals surface area contributed by atoms with Gasteiger partial charge in [-0.2, -0.15) is 0 Å². The Morgan fingerprint density at radius 2 is 2.13 bits per heavy atom. The van der Waals surface area contributed by atoms with Gasteiger partial charge in [0.05, 0.1) is 31.3 Å². The van der Waals surface area contributed by atoms with Crippen molar-refractivity contribution >= 4 is 11.9 Å². The lowest BCUT2D eigenvalue weighted by Gasteiger charge is -2.28. The molecule has 0 unspecified atom stereocenters. The highest BCUT2D eigenvalue weighted by Crippen LogP contribution is 2.13. The molecule has 8 nitrogen and oxygen atoms in total. The summed E-state index contributed by atoms with van der Waals surface area (Å²) in [6.45, 7) is 5.15. The van der Waals surface area contributed by atoms with Crippen LogP contribution in [0.5, 0.6) is 0 Å². The Balaban J connectivity index is 1.77. The summed E-state index contributed by atoms with van der Waals surface area (Å²) >= 11 is 0. The van der Waals surface area contributed by atoms with E-state index in [4.69, 9.17) is 9.84 Å². The fourth-order valence-corrected chi connectivity index (χ4v) is 2.62. The Morgan fingerprint density at radius 1 is 1.43 bits per heavy atom. The number of hydrogen-bond donors (Lipinski definition) is 4. The molecule has 4 N–H and O–H groups in total. The molecule has 1 aromatic rings. The highest BCUT2D eigenvalue weighted by molar-refractivity contribution is 5.92. The molecule has 1 saturated heterocycles. The number of aromatic carboxylic acids is 1. The Hall–Kier alpha value is -1.90. The first-order valence-electron chi connectivity index (χ1n) is 7.62. The molecule has 0 bridgehead atoms. The van der Waals surface area contributed by atoms with E-state index in [-0.39, 0.29) is 24.4 Å². The first kappa shape index (κ1) is 17.5. The summed E-state index contributed by atoms with van der Waals surface area (Å²) in [5.74, 6) is -1.38. The van der Waals surface area contributed by atoms with Crippen molar-refractivity contribution in [1.29, 1.82) is 0 Å². The highest BCUT2D eigenvalue weighted by atomic mass is 16.5. The zero-order chi connectivity index (χ0) is 16.8. The fourth-order valence-electron chi connectivity index (χ4n) is 2.62. The molecule has 2 heterocycles. The molecule has 23 heavy (non-hydrogen) atoms. The van der Waals surface area contributed by atoms with Gasteiger partial charge in [-0.15, -0.1) is 0 Å². The number of aliphatic hydroxyl groups is 1. The zero-order valence-electron chi connectivity index (χ0n) is 13.2. The molecule has 1 aromatic heterocycles. The molecular weight excluding hydrogens is 302 g/mol. The predicted octanol–water partition coefficient (Wildman–Crippen LogP) is -0.627. The SMILES string of the molecule is Cc1c[nH]c(CC(=O)NC[C@@H](O)CN2CCOCC2)c1C(=O)O. The van der Waals surface area contributed by atoms with E-state index in [0.717, 1.165) is 13.1 Å². The average molecular weight is 325 g/mol. The van der Waals surface area contributed by atoms with E-state index in [2.05, 4.69) is 15.2 Å². The number of aryl methyl sites for hydroxylation is 1. The lowest BCUT2D eigenvalue weighted by atomic mass is 10.1. The van der Waals surface area contributed by atoms with E-state index < -0.39 is 12.1 Å². The van der Waals surface area contributed by atoms with Crippen LogP contribution in [0.2, 0.25) is 0 Å². The molecule has 128 valence electrons. The number of H-pyrrole nitrogens is 1. The minimum atomic E-state index is -1.06. The number of carboxylic acids is 1. The van der Waals surface area contributed by atoms with Crippen LogP contribution in [0.1, 0.15) is 21.6 Å². The largest absolute Gasteiger partial charge is 0.478 e. The normalized spacial score (nSPS) is 17.0. The van der Waals surface area contributed by atoms with Crippen LogP contribution in [0.4, 0.5) is 0 Å². The molecule has 8 heteroatoms. The number of nitrogens with zero attached hydrogens (tertiary/aromatic N) is 1. The quantitative estimate of drug-likeness (QED) is 0.531. The van der Waals surface area contributed by atoms with Crippen LogP contribution in [0.15, 0.2) is 6.20 Å². The van der Waals surface area contributed by atoms with Gasteiger partial charge >= 0.3 is 5.97 Å². The van der Waals surface area contributed by atoms with Gasteiger partial charge in [0.1, 0.15) is 0 Å². The van der Waals surface area contributed by atoms with Crippen LogP contribution in [0.25, 0.3) is 0 Å². The second-order valence-corrected chi connectivity index (χ2v) is 5.68. The first-order chi connectivity index (χ1) is 11.0. The lowest BCUT2D eigenvalue weighted by Crippen LogP contribution is -2.44. The highest BCUT2D eigenvalue weighted by Gasteiger charge is 2.19. The van der Waals surface area contributed by atoms with Crippen molar-refractivity contribution in [2.24, 2.45) is 0 Å². The van der Waals surface area contributed by atoms with Gasteiger partial charge in [0.25, 0.3) is 0 Å². The molecule has 1 fully saturated rings. The fraction of sp³-hybridized carbons (Fsp3) is 0.600. The second-order valence-electron chi connectivity index (χ2n) is 5.68. The predicted molar refractivity (Wildman–Crippen MR) is 82.5 cm³/mol. The maximum atomic E-state index is 11.9. The number of amides is 1. The Bertz CT molecular complexity index is 551. The lowest BCUT2D eigenvalue weighted by molar-refractivity contribution is -0.121. The Labute approximate surface area is 134 Å². The average Bonchev–Trinajstić information content (AvgIpc) is 2.87. The van der Waals surface area contributed by atoms with Crippen molar-refractivity contribution in [3.05, 3.63) is 23.0 Å². The molecule has 0 aliphatic carbocycles. The van der Waals surface area contributed by atoms with Crippen molar-refractivity contribution < 1.29 is 24.5 Å². The summed E-state index contributed by atoms with van der Waals surface area (Å²) in [5, 5.41) is 21.7. The third-order valence-electron chi connectivity index (χ3n) is 3.82. The van der Waals surface area contributed by atoms with Gasteiger partial charge < -0.3 is 25.3 Å². The van der Waals surface area contributed by atoms with Crippen LogP contribution in [-0.4, -0.2) is 77.5 Å². The number of carboxylic acid groups (broad SMARTS) is 1. The van der Waals surface area contributed by atoms with Crippen LogP contribution < -0.4 is 5.32 Å². The molecular formula is C15H23N3O5. The summed E-state index contributed by atoms with van der Waals surface area (Å²) in [6, 6.07) is 0. The number of rotatable bonds is 7. The number of morpholine rings is 1. The third-order valence-corrected chi connectivity index (χ3v) is 3.82. The minimum absolute atomic E-state index is 0.0558. The van der Waals surface area contributed by atoms with Gasteiger partial charge in [-0.1, -0.05) is 0 Å². The molecule has 1 amide bonds. The molecule has 0 saturated carbocycles. The number of ether oxygens (including phenoxy) is 1. The molecule has 0 radical (unpaired) electrons. The summed E-state index contributed by atoms with van der Waals surface area (Å²) in [7, 11) is 0. The maximum absolute atomic E-state index is 11.9. The van der Waals surface area contributed by atoms with Crippen molar-refractivity contribution in [2.75, 3.05) is 39.4 Å². The van der Waals surface area contributed by atoms with Crippen molar-refractivity contribution in [2.45, 2.75) is 19.4 Å². The van der Waals surface area contributed by atoms with E-state index in [1.54, 1.807) is 13.1 Å². The number of β-amino-alcohol motifs (C(OH)–C–C–N with tert-alkyl or cyclic N) is 1. The topological polar surface area (TPSA) is 115 Å². The van der Waals surface area contributed by atoms with Crippen LogP contribution in [0.3, 0.4) is 0 Å². The number of aromatic nitrogens is 1. The number of carbonyl (C=O) groups is 2. The van der Waals surface area contributed by atoms with Gasteiger partial charge in [0.2, 0.25) is 5.91 Å². The van der Waals surface area contributed by atoms with Crippen molar-refractivity contribution in [3.63, 3.8) is 0 Å². The molecule has 0 spiro atoms. The summed E-state index contributed by atoms with van der Waals surface area (Å²) in [4.78, 5) is 28.0. The minimum Gasteiger partial charge on any atom is -0.478 e. The van der Waals surface area contributed by atoms with E-state index in [9.17, 15) is 14.7 Å². The van der Waals surface area contributed by atoms with E-state index in [1.807, 2.05) is 0 Å². The number of hydrogen-bond acceptors (Lipinski definition) is 5. The van der Waals surface area contributed by atoms with E-state index in [1.165, 1.54) is 0 Å². The zero-order valence-corrected chi connectivity index (χ0v) is 13.2. The summed E-state index contributed by atoms with van der Waals surface area (Å²) in [5.41, 5.74) is 1.09.